The fourth-order valence-corrected chi connectivity index (χ4v) is 2.33. The highest BCUT2D eigenvalue weighted by Crippen LogP contribution is 2.21. The lowest BCUT2D eigenvalue weighted by atomic mass is 10.1. The Morgan fingerprint density at radius 3 is 2.50 bits per heavy atom. The predicted molar refractivity (Wildman–Crippen MR) is 73.2 cm³/mol. The maximum absolute atomic E-state index is 8.92. The molecule has 18 heavy (non-hydrogen) atoms. The van der Waals surface area contributed by atoms with Crippen molar-refractivity contribution >= 4 is 11.5 Å². The molecular formula is C13H20N4O. The van der Waals surface area contributed by atoms with Crippen LogP contribution in [0.3, 0.4) is 0 Å². The number of nitrogens with one attached hydrogen (secondary N) is 1. The molecule has 0 aliphatic carbocycles. The molecule has 0 bridgehead atoms. The molecule has 0 amide bonds. The van der Waals surface area contributed by atoms with Crippen LogP contribution >= 0.6 is 0 Å². The van der Waals surface area contributed by atoms with Gasteiger partial charge in [-0.2, -0.15) is 0 Å². The summed E-state index contributed by atoms with van der Waals surface area (Å²) >= 11 is 0. The fraction of sp³-hybridized carbons (Fsp3) is 0.462. The zero-order chi connectivity index (χ0) is 13.0. The van der Waals surface area contributed by atoms with Gasteiger partial charge in [0, 0.05) is 44.0 Å². The Morgan fingerprint density at radius 2 is 1.89 bits per heavy atom. The Bertz CT molecular complexity index is 413. The summed E-state index contributed by atoms with van der Waals surface area (Å²) in [7, 11) is 0. The average Bonchev–Trinajstić information content (AvgIpc) is 2.40. The molecule has 1 aromatic rings. The number of nitrogen functional groups attached to an aromatic ring is 1. The molecule has 1 aliphatic heterocycles. The van der Waals surface area contributed by atoms with Gasteiger partial charge in [-0.05, 0) is 12.1 Å². The van der Waals surface area contributed by atoms with Crippen molar-refractivity contribution < 1.29 is 5.11 Å². The number of para-hydroxylation sites is 1. The van der Waals surface area contributed by atoms with Gasteiger partial charge in [0.25, 0.3) is 0 Å². The third-order valence-corrected chi connectivity index (χ3v) is 3.32. The molecule has 98 valence electrons. The van der Waals surface area contributed by atoms with Crippen molar-refractivity contribution in [2.24, 2.45) is 5.73 Å². The molecule has 2 rings (SSSR count). The number of aliphatic hydroxyl groups excluding tert-OH is 1. The lowest BCUT2D eigenvalue weighted by Gasteiger charge is -2.36. The summed E-state index contributed by atoms with van der Waals surface area (Å²) in [5, 5.41) is 16.5. The van der Waals surface area contributed by atoms with E-state index in [2.05, 4.69) is 9.80 Å². The van der Waals surface area contributed by atoms with Gasteiger partial charge in [-0.15, -0.1) is 0 Å². The van der Waals surface area contributed by atoms with Crippen molar-refractivity contribution in [3.63, 3.8) is 0 Å². The molecule has 0 radical (unpaired) electrons. The van der Waals surface area contributed by atoms with Crippen LogP contribution in [-0.2, 0) is 0 Å². The van der Waals surface area contributed by atoms with E-state index in [-0.39, 0.29) is 12.4 Å². The molecule has 0 spiro atoms. The second-order valence-corrected chi connectivity index (χ2v) is 4.48. The van der Waals surface area contributed by atoms with Crippen molar-refractivity contribution in [3.8, 4) is 0 Å². The number of nitrogens with zero attached hydrogens (tertiary/aromatic N) is 2. The van der Waals surface area contributed by atoms with Gasteiger partial charge in [-0.1, -0.05) is 12.1 Å². The quantitative estimate of drug-likeness (QED) is 0.521. The van der Waals surface area contributed by atoms with Crippen molar-refractivity contribution in [1.82, 2.24) is 4.90 Å². The molecule has 1 heterocycles. The first kappa shape index (κ1) is 12.9. The monoisotopic (exact) mass is 248 g/mol. The van der Waals surface area contributed by atoms with E-state index in [1.54, 1.807) is 0 Å². The van der Waals surface area contributed by atoms with Gasteiger partial charge in [-0.3, -0.25) is 10.3 Å². The molecule has 1 saturated heterocycles. The number of aliphatic hydroxyl groups is 1. The van der Waals surface area contributed by atoms with E-state index >= 15 is 0 Å². The van der Waals surface area contributed by atoms with Crippen LogP contribution in [0.1, 0.15) is 5.56 Å². The predicted octanol–water partition coefficient (Wildman–Crippen LogP) is 0.0850. The highest BCUT2D eigenvalue weighted by atomic mass is 16.3. The maximum Gasteiger partial charge on any atom is 0.124 e. The van der Waals surface area contributed by atoms with E-state index < -0.39 is 0 Å². The topological polar surface area (TPSA) is 76.6 Å². The number of anilines is 1. The summed E-state index contributed by atoms with van der Waals surface area (Å²) < 4.78 is 0. The molecule has 0 atom stereocenters. The molecule has 0 unspecified atom stereocenters. The van der Waals surface area contributed by atoms with Crippen LogP contribution in [0.4, 0.5) is 5.69 Å². The van der Waals surface area contributed by atoms with Gasteiger partial charge in [0.2, 0.25) is 0 Å². The van der Waals surface area contributed by atoms with Crippen molar-refractivity contribution in [1.29, 1.82) is 5.41 Å². The number of hydrogen-bond donors (Lipinski definition) is 3. The fourth-order valence-electron chi connectivity index (χ4n) is 2.33. The standard InChI is InChI=1S/C13H20N4O/c14-13(15)11-3-1-2-4-12(11)17-7-5-16(6-8-17)9-10-18/h1-4,18H,5-10H2,(H3,14,15). The van der Waals surface area contributed by atoms with Gasteiger partial charge in [-0.25, -0.2) is 0 Å². The van der Waals surface area contributed by atoms with Crippen LogP contribution in [0, 0.1) is 5.41 Å². The smallest absolute Gasteiger partial charge is 0.124 e. The third kappa shape index (κ3) is 2.80. The average molecular weight is 248 g/mol. The van der Waals surface area contributed by atoms with Crippen LogP contribution in [0.15, 0.2) is 24.3 Å². The molecule has 0 saturated carbocycles. The summed E-state index contributed by atoms with van der Waals surface area (Å²) in [5.74, 6) is 0.114. The number of rotatable bonds is 4. The summed E-state index contributed by atoms with van der Waals surface area (Å²) in [6.45, 7) is 4.64. The number of nitrogens with two attached hydrogens (primary N) is 1. The molecule has 1 fully saturated rings. The van der Waals surface area contributed by atoms with E-state index in [1.165, 1.54) is 0 Å². The number of hydrogen-bond acceptors (Lipinski definition) is 4. The summed E-state index contributed by atoms with van der Waals surface area (Å²) in [5.41, 5.74) is 7.44. The normalized spacial score (nSPS) is 16.8. The first-order valence-electron chi connectivity index (χ1n) is 6.24. The second-order valence-electron chi connectivity index (χ2n) is 4.48. The van der Waals surface area contributed by atoms with Crippen molar-refractivity contribution in [3.05, 3.63) is 29.8 Å². The van der Waals surface area contributed by atoms with Gasteiger partial charge in [0.05, 0.1) is 6.61 Å². The second kappa shape index (κ2) is 5.84. The molecule has 0 aromatic heterocycles. The van der Waals surface area contributed by atoms with Gasteiger partial charge >= 0.3 is 0 Å². The molecule has 4 N–H and O–H groups in total. The van der Waals surface area contributed by atoms with Crippen LogP contribution < -0.4 is 10.6 Å². The Labute approximate surface area is 107 Å². The van der Waals surface area contributed by atoms with E-state index in [0.29, 0.717) is 0 Å². The number of piperazine rings is 1. The summed E-state index contributed by atoms with van der Waals surface area (Å²) in [6, 6.07) is 7.78. The third-order valence-electron chi connectivity index (χ3n) is 3.32. The molecule has 5 heteroatoms. The Morgan fingerprint density at radius 1 is 1.22 bits per heavy atom. The van der Waals surface area contributed by atoms with Crippen LogP contribution in [-0.4, -0.2) is 55.2 Å². The van der Waals surface area contributed by atoms with Crippen LogP contribution in [0.2, 0.25) is 0 Å². The van der Waals surface area contributed by atoms with Crippen LogP contribution in [0.25, 0.3) is 0 Å². The van der Waals surface area contributed by atoms with Crippen LogP contribution in [0.5, 0.6) is 0 Å². The lowest BCUT2D eigenvalue weighted by molar-refractivity contribution is 0.189. The van der Waals surface area contributed by atoms with E-state index in [0.717, 1.165) is 44.0 Å². The minimum Gasteiger partial charge on any atom is -0.395 e. The summed E-state index contributed by atoms with van der Waals surface area (Å²) in [4.78, 5) is 4.50. The molecule has 5 nitrogen and oxygen atoms in total. The zero-order valence-electron chi connectivity index (χ0n) is 10.5. The van der Waals surface area contributed by atoms with Gasteiger partial charge in [0.15, 0.2) is 0 Å². The first-order valence-corrected chi connectivity index (χ1v) is 6.24. The minimum absolute atomic E-state index is 0.114. The number of benzene rings is 1. The number of amidine groups is 1. The number of β-amino-alcohol motifs (C(OH)–C–C–N with tert-alkyl or cyclic N) is 1. The molecule has 1 aromatic carbocycles. The largest absolute Gasteiger partial charge is 0.395 e. The van der Waals surface area contributed by atoms with Gasteiger partial charge in [0.1, 0.15) is 5.84 Å². The maximum atomic E-state index is 8.92. The van der Waals surface area contributed by atoms with E-state index in [4.69, 9.17) is 16.2 Å². The first-order chi connectivity index (χ1) is 8.72. The highest BCUT2D eigenvalue weighted by molar-refractivity contribution is 6.00. The molecular weight excluding hydrogens is 228 g/mol. The SMILES string of the molecule is N=C(N)c1ccccc1N1CCN(CCO)CC1. The van der Waals surface area contributed by atoms with Crippen molar-refractivity contribution in [2.45, 2.75) is 0 Å². The zero-order valence-corrected chi connectivity index (χ0v) is 10.5. The summed E-state index contributed by atoms with van der Waals surface area (Å²) in [6.07, 6.45) is 0. The minimum atomic E-state index is 0.114. The Kier molecular flexibility index (Phi) is 4.17. The highest BCUT2D eigenvalue weighted by Gasteiger charge is 2.19. The Hall–Kier alpha value is -1.59. The van der Waals surface area contributed by atoms with Gasteiger partial charge < -0.3 is 15.7 Å². The Balaban J connectivity index is 2.07. The van der Waals surface area contributed by atoms with Crippen molar-refractivity contribution in [2.75, 3.05) is 44.2 Å². The molecule has 1 aliphatic rings. The van der Waals surface area contributed by atoms with E-state index in [1.807, 2.05) is 24.3 Å². The van der Waals surface area contributed by atoms with E-state index in [9.17, 15) is 0 Å². The lowest BCUT2D eigenvalue weighted by Crippen LogP contribution is -2.47.